The smallest absolute Gasteiger partial charge is 0.256 e. The number of nitrogens with zero attached hydrogens (tertiary/aromatic N) is 1. The number of aromatic nitrogens is 1. The number of benzene rings is 2. The molecule has 0 saturated heterocycles. The van der Waals surface area contributed by atoms with Crippen LogP contribution in [0.4, 0.5) is 10.8 Å². The Morgan fingerprint density at radius 1 is 0.938 bits per heavy atom. The predicted octanol–water partition coefficient (Wildman–Crippen LogP) is 6.22. The maximum atomic E-state index is 12.9. The van der Waals surface area contributed by atoms with Crippen LogP contribution in [0.15, 0.2) is 78.9 Å². The van der Waals surface area contributed by atoms with E-state index in [4.69, 9.17) is 4.74 Å². The summed E-state index contributed by atoms with van der Waals surface area (Å²) in [6.45, 7) is 4.00. The number of para-hydroxylation sites is 1. The van der Waals surface area contributed by atoms with Gasteiger partial charge in [0.1, 0.15) is 16.6 Å². The Morgan fingerprint density at radius 2 is 1.69 bits per heavy atom. The molecule has 2 heterocycles. The van der Waals surface area contributed by atoms with Gasteiger partial charge in [0.25, 0.3) is 5.91 Å². The Balaban J connectivity index is 1.77. The molecule has 2 N–H and O–H groups in total. The minimum absolute atomic E-state index is 0.138. The van der Waals surface area contributed by atoms with E-state index in [9.17, 15) is 4.79 Å². The summed E-state index contributed by atoms with van der Waals surface area (Å²) in [4.78, 5) is 18.6. The van der Waals surface area contributed by atoms with Crippen LogP contribution < -0.4 is 15.4 Å². The van der Waals surface area contributed by atoms with Crippen LogP contribution in [0, 0.1) is 13.8 Å². The molecule has 0 radical (unpaired) electrons. The van der Waals surface area contributed by atoms with E-state index in [2.05, 4.69) is 21.7 Å². The third-order valence-corrected chi connectivity index (χ3v) is 6.07. The van der Waals surface area contributed by atoms with Gasteiger partial charge in [-0.25, -0.2) is 4.98 Å². The molecule has 2 aromatic heterocycles. The first-order chi connectivity index (χ1) is 15.5. The number of carbonyl (C=O) groups is 1. The highest BCUT2D eigenvalue weighted by molar-refractivity contribution is 7.16. The number of thiophene rings is 1. The minimum Gasteiger partial charge on any atom is -0.496 e. The molecule has 0 aliphatic carbocycles. The van der Waals surface area contributed by atoms with E-state index in [1.165, 1.54) is 0 Å². The van der Waals surface area contributed by atoms with Crippen molar-refractivity contribution < 1.29 is 9.53 Å². The molecule has 0 unspecified atom stereocenters. The first kappa shape index (κ1) is 21.6. The molecule has 162 valence electrons. The number of ether oxygens (including phenoxy) is 1. The van der Waals surface area contributed by atoms with Crippen LogP contribution in [0.3, 0.4) is 0 Å². The van der Waals surface area contributed by atoms with E-state index < -0.39 is 0 Å². The number of methoxy groups -OCH3 is 1. The molecule has 5 nitrogen and oxygen atoms in total. The van der Waals surface area contributed by atoms with Gasteiger partial charge in [0.05, 0.1) is 13.2 Å². The van der Waals surface area contributed by atoms with Crippen molar-refractivity contribution in [1.82, 2.24) is 4.98 Å². The molecule has 2 aromatic carbocycles. The average Bonchev–Trinajstić information content (AvgIpc) is 3.17. The van der Waals surface area contributed by atoms with Gasteiger partial charge in [-0.3, -0.25) is 4.79 Å². The highest BCUT2D eigenvalue weighted by Gasteiger charge is 2.24. The van der Waals surface area contributed by atoms with Crippen molar-refractivity contribution in [2.45, 2.75) is 19.9 Å². The monoisotopic (exact) mass is 443 g/mol. The van der Waals surface area contributed by atoms with Crippen molar-refractivity contribution in [1.29, 1.82) is 0 Å². The highest BCUT2D eigenvalue weighted by atomic mass is 32.1. The topological polar surface area (TPSA) is 63.2 Å². The average molecular weight is 444 g/mol. The fourth-order valence-electron chi connectivity index (χ4n) is 3.61. The van der Waals surface area contributed by atoms with Gasteiger partial charge in [-0.15, -0.1) is 11.3 Å². The van der Waals surface area contributed by atoms with Gasteiger partial charge in [0.2, 0.25) is 0 Å². The Morgan fingerprint density at radius 3 is 2.44 bits per heavy atom. The SMILES string of the molecule is COc1ccccc1[C@@H](Nc1cccc(C)n1)c1cc(C)sc1NC(=O)c1ccccc1. The first-order valence-corrected chi connectivity index (χ1v) is 11.2. The standard InChI is InChI=1S/C26H25N3O2S/c1-17-10-9-15-23(27-17)28-24(20-13-7-8-14-22(20)31-3)21-16-18(2)32-26(21)29-25(30)19-11-5-4-6-12-19/h4-16,24H,1-3H3,(H,27,28)(H,29,30)/t24-/m1/s1. The third kappa shape index (κ3) is 4.81. The van der Waals surface area contributed by atoms with Crippen molar-refractivity contribution in [2.75, 3.05) is 17.7 Å². The maximum absolute atomic E-state index is 12.9. The van der Waals surface area contributed by atoms with Crippen LogP contribution in [0.1, 0.15) is 38.1 Å². The zero-order valence-electron chi connectivity index (χ0n) is 18.3. The summed E-state index contributed by atoms with van der Waals surface area (Å²) in [5.74, 6) is 1.38. The van der Waals surface area contributed by atoms with Crippen molar-refractivity contribution >= 4 is 28.1 Å². The Labute approximate surface area is 192 Å². The number of pyridine rings is 1. The number of hydrogen-bond donors (Lipinski definition) is 2. The first-order valence-electron chi connectivity index (χ1n) is 10.3. The van der Waals surface area contributed by atoms with Crippen LogP contribution in [0.25, 0.3) is 0 Å². The Kier molecular flexibility index (Phi) is 6.52. The number of hydrogen-bond acceptors (Lipinski definition) is 5. The highest BCUT2D eigenvalue weighted by Crippen LogP contribution is 2.40. The molecule has 1 atom stereocenters. The molecule has 0 fully saturated rings. The molecule has 0 aliphatic heterocycles. The zero-order chi connectivity index (χ0) is 22.5. The summed E-state index contributed by atoms with van der Waals surface area (Å²) >= 11 is 1.55. The lowest BCUT2D eigenvalue weighted by Crippen LogP contribution is -2.17. The third-order valence-electron chi connectivity index (χ3n) is 5.09. The number of carbonyl (C=O) groups excluding carboxylic acids is 1. The molecule has 6 heteroatoms. The fraction of sp³-hybridized carbons (Fsp3) is 0.154. The molecule has 1 amide bonds. The van der Waals surface area contributed by atoms with Crippen molar-refractivity contribution in [2.24, 2.45) is 0 Å². The van der Waals surface area contributed by atoms with E-state index >= 15 is 0 Å². The second-order valence-corrected chi connectivity index (χ2v) is 8.70. The fourth-order valence-corrected chi connectivity index (χ4v) is 4.56. The summed E-state index contributed by atoms with van der Waals surface area (Å²) in [7, 11) is 1.66. The van der Waals surface area contributed by atoms with Crippen LogP contribution >= 0.6 is 11.3 Å². The second kappa shape index (κ2) is 9.66. The maximum Gasteiger partial charge on any atom is 0.256 e. The number of rotatable bonds is 7. The second-order valence-electron chi connectivity index (χ2n) is 7.45. The Bertz CT molecular complexity index is 1220. The number of amides is 1. The van der Waals surface area contributed by atoms with Crippen LogP contribution in [0.2, 0.25) is 0 Å². The predicted molar refractivity (Wildman–Crippen MR) is 131 cm³/mol. The van der Waals surface area contributed by atoms with Crippen LogP contribution in [0.5, 0.6) is 5.75 Å². The molecule has 0 spiro atoms. The summed E-state index contributed by atoms with van der Waals surface area (Å²) in [5.41, 5.74) is 3.47. The number of nitrogens with one attached hydrogen (secondary N) is 2. The molecule has 0 bridgehead atoms. The lowest BCUT2D eigenvalue weighted by Gasteiger charge is -2.23. The Hall–Kier alpha value is -3.64. The number of aryl methyl sites for hydroxylation is 2. The lowest BCUT2D eigenvalue weighted by atomic mass is 9.98. The van der Waals surface area contributed by atoms with Crippen molar-refractivity contribution in [3.63, 3.8) is 0 Å². The van der Waals surface area contributed by atoms with E-state index in [0.29, 0.717) is 5.56 Å². The van der Waals surface area contributed by atoms with Gasteiger partial charge < -0.3 is 15.4 Å². The molecule has 0 aliphatic rings. The zero-order valence-corrected chi connectivity index (χ0v) is 19.1. The summed E-state index contributed by atoms with van der Waals surface area (Å²) in [6, 6.07) is 24.8. The lowest BCUT2D eigenvalue weighted by molar-refractivity contribution is 0.102. The van der Waals surface area contributed by atoms with Gasteiger partial charge in [-0.2, -0.15) is 0 Å². The van der Waals surface area contributed by atoms with E-state index in [1.807, 2.05) is 86.6 Å². The van der Waals surface area contributed by atoms with E-state index in [1.54, 1.807) is 18.4 Å². The van der Waals surface area contributed by atoms with E-state index in [-0.39, 0.29) is 11.9 Å². The molecular weight excluding hydrogens is 418 g/mol. The van der Waals surface area contributed by atoms with Crippen LogP contribution in [-0.2, 0) is 0 Å². The van der Waals surface area contributed by atoms with E-state index in [0.717, 1.165) is 38.3 Å². The van der Waals surface area contributed by atoms with Gasteiger partial charge >= 0.3 is 0 Å². The van der Waals surface area contributed by atoms with Gasteiger partial charge in [-0.1, -0.05) is 42.5 Å². The largest absolute Gasteiger partial charge is 0.496 e. The van der Waals surface area contributed by atoms with Crippen molar-refractivity contribution in [3.8, 4) is 5.75 Å². The quantitative estimate of drug-likeness (QED) is 0.356. The van der Waals surface area contributed by atoms with Crippen molar-refractivity contribution in [3.05, 3.63) is 106 Å². The minimum atomic E-state index is -0.267. The summed E-state index contributed by atoms with van der Waals surface area (Å²) < 4.78 is 5.66. The molecule has 32 heavy (non-hydrogen) atoms. The summed E-state index contributed by atoms with van der Waals surface area (Å²) in [6.07, 6.45) is 0. The number of anilines is 2. The normalized spacial score (nSPS) is 11.6. The van der Waals surface area contributed by atoms with Gasteiger partial charge in [0.15, 0.2) is 0 Å². The van der Waals surface area contributed by atoms with Crippen LogP contribution in [-0.4, -0.2) is 18.0 Å². The van der Waals surface area contributed by atoms with Gasteiger partial charge in [-0.05, 0) is 50.2 Å². The molecule has 4 aromatic rings. The van der Waals surface area contributed by atoms with Gasteiger partial charge in [0, 0.05) is 27.3 Å². The summed E-state index contributed by atoms with van der Waals surface area (Å²) in [5, 5.41) is 7.47. The molecular formula is C26H25N3O2S. The molecule has 0 saturated carbocycles. The molecule has 4 rings (SSSR count).